The third kappa shape index (κ3) is 4.95. The van der Waals surface area contributed by atoms with Crippen LogP contribution >= 0.6 is 0 Å². The van der Waals surface area contributed by atoms with Gasteiger partial charge in [0.2, 0.25) is 17.4 Å². The van der Waals surface area contributed by atoms with E-state index in [0.717, 1.165) is 22.5 Å². The first-order chi connectivity index (χ1) is 20.2. The molecule has 6 rings (SSSR count). The van der Waals surface area contributed by atoms with Crippen LogP contribution in [0.4, 0.5) is 24.7 Å². The molecule has 11 nitrogen and oxygen atoms in total. The van der Waals surface area contributed by atoms with Gasteiger partial charge in [-0.05, 0) is 56.7 Å². The number of halogens is 3. The minimum Gasteiger partial charge on any atom is -0.433 e. The molecule has 4 N–H and O–H groups in total. The Morgan fingerprint density at radius 1 is 1.05 bits per heavy atom. The van der Waals surface area contributed by atoms with Crippen LogP contribution in [-0.4, -0.2) is 46.0 Å². The molecule has 1 aliphatic rings. The predicted molar refractivity (Wildman–Crippen MR) is 152 cm³/mol. The summed E-state index contributed by atoms with van der Waals surface area (Å²) in [5.41, 5.74) is 6.69. The molecule has 0 aliphatic carbocycles. The molecule has 15 heteroatoms. The molecule has 0 bridgehead atoms. The zero-order valence-electron chi connectivity index (χ0n) is 22.9. The molecular weight excluding hydrogens is 587 g/mol. The highest BCUT2D eigenvalue weighted by Crippen LogP contribution is 2.33. The number of rotatable bonds is 6. The highest BCUT2D eigenvalue weighted by molar-refractivity contribution is 7.91. The Bertz CT molecular complexity index is 2040. The largest absolute Gasteiger partial charge is 0.433 e. The molecule has 0 spiro atoms. The van der Waals surface area contributed by atoms with Gasteiger partial charge in [-0.15, -0.1) is 0 Å². The lowest BCUT2D eigenvalue weighted by atomic mass is 10.1. The number of carbonyl (C=O) groups is 1. The molecule has 1 fully saturated rings. The highest BCUT2D eigenvalue weighted by Gasteiger charge is 2.42. The van der Waals surface area contributed by atoms with Crippen molar-refractivity contribution in [2.24, 2.45) is 0 Å². The van der Waals surface area contributed by atoms with Crippen molar-refractivity contribution < 1.29 is 31.1 Å². The maximum absolute atomic E-state index is 15.1. The molecule has 1 aliphatic heterocycles. The number of aromatic nitrogens is 4. The summed E-state index contributed by atoms with van der Waals surface area (Å²) in [4.78, 5) is 20.4. The van der Waals surface area contributed by atoms with Gasteiger partial charge in [0.1, 0.15) is 11.6 Å². The molecule has 0 amide bonds. The van der Waals surface area contributed by atoms with Gasteiger partial charge in [-0.25, -0.2) is 22.8 Å². The van der Waals surface area contributed by atoms with Crippen molar-refractivity contribution in [3.63, 3.8) is 0 Å². The van der Waals surface area contributed by atoms with E-state index in [4.69, 9.17) is 10.5 Å². The standard InChI is InChI=1S/C28H24F3N7O4S/c1-14-7-24(42-26-17(29)5-4-6-18(26)30)33-12-23(14)38-27(32)16(11-34-38)25(39)21-9-15-8-19(31)22(10-20(15)35-21)37-13-28(2,3)36-43(37,40)41/h4-12,35-36H,13,32H2,1-3H3. The van der Waals surface area contributed by atoms with Gasteiger partial charge >= 0.3 is 10.2 Å². The first kappa shape index (κ1) is 28.2. The molecule has 0 unspecified atom stereocenters. The third-order valence-corrected chi connectivity index (χ3v) is 8.62. The van der Waals surface area contributed by atoms with Crippen LogP contribution in [0.5, 0.6) is 11.6 Å². The fourth-order valence-corrected chi connectivity index (χ4v) is 6.67. The number of nitrogens with zero attached hydrogens (tertiary/aromatic N) is 4. The minimum absolute atomic E-state index is 0.0153. The van der Waals surface area contributed by atoms with Crippen LogP contribution in [-0.2, 0) is 10.2 Å². The number of carbonyl (C=O) groups excluding carboxylic acids is 1. The Labute approximate surface area is 243 Å². The number of ether oxygens (including phenoxy) is 1. The van der Waals surface area contributed by atoms with Crippen LogP contribution in [0.3, 0.4) is 0 Å². The lowest BCUT2D eigenvalue weighted by Gasteiger charge is -2.18. The first-order valence-electron chi connectivity index (χ1n) is 12.8. The van der Waals surface area contributed by atoms with E-state index >= 15 is 4.39 Å². The molecule has 43 heavy (non-hydrogen) atoms. The predicted octanol–water partition coefficient (Wildman–Crippen LogP) is 4.51. The number of anilines is 2. The molecule has 2 aromatic carbocycles. The Morgan fingerprint density at radius 3 is 2.42 bits per heavy atom. The van der Waals surface area contributed by atoms with Gasteiger partial charge < -0.3 is 15.5 Å². The van der Waals surface area contributed by atoms with E-state index in [0.29, 0.717) is 22.2 Å². The average molecular weight is 612 g/mol. The van der Waals surface area contributed by atoms with Crippen LogP contribution in [0.15, 0.2) is 54.9 Å². The fraction of sp³-hybridized carbons (Fsp3) is 0.179. The normalized spacial score (nSPS) is 15.7. The number of hydrogen-bond donors (Lipinski definition) is 3. The molecule has 0 radical (unpaired) electrons. The van der Waals surface area contributed by atoms with Crippen LogP contribution in [0, 0.1) is 24.4 Å². The summed E-state index contributed by atoms with van der Waals surface area (Å²) >= 11 is 0. The highest BCUT2D eigenvalue weighted by atomic mass is 32.2. The Hall–Kier alpha value is -4.89. The number of aryl methyl sites for hydroxylation is 1. The number of pyridine rings is 1. The molecule has 1 saturated heterocycles. The number of nitrogens with one attached hydrogen (secondary N) is 2. The van der Waals surface area contributed by atoms with E-state index in [1.54, 1.807) is 20.8 Å². The zero-order valence-corrected chi connectivity index (χ0v) is 23.8. The van der Waals surface area contributed by atoms with Crippen molar-refractivity contribution in [3.8, 4) is 17.3 Å². The van der Waals surface area contributed by atoms with E-state index < -0.39 is 44.7 Å². The first-order valence-corrected chi connectivity index (χ1v) is 14.3. The zero-order chi connectivity index (χ0) is 30.8. The Kier molecular flexibility index (Phi) is 6.47. The van der Waals surface area contributed by atoms with Crippen molar-refractivity contribution in [3.05, 3.63) is 89.1 Å². The maximum atomic E-state index is 15.1. The molecular formula is C28H24F3N7O4S. The number of nitrogens with two attached hydrogens (primary N) is 1. The van der Waals surface area contributed by atoms with Gasteiger partial charge in [0.15, 0.2) is 11.6 Å². The van der Waals surface area contributed by atoms with Crippen LogP contribution in [0.1, 0.15) is 35.5 Å². The summed E-state index contributed by atoms with van der Waals surface area (Å²) in [6, 6.07) is 8.68. The summed E-state index contributed by atoms with van der Waals surface area (Å²) in [5.74, 6) is -3.78. The van der Waals surface area contributed by atoms with E-state index in [-0.39, 0.29) is 35.2 Å². The van der Waals surface area contributed by atoms with Crippen molar-refractivity contribution in [1.29, 1.82) is 0 Å². The Balaban J connectivity index is 1.29. The number of nitrogen functional groups attached to an aromatic ring is 1. The lowest BCUT2D eigenvalue weighted by molar-refractivity contribution is 0.103. The van der Waals surface area contributed by atoms with Crippen molar-refractivity contribution in [1.82, 2.24) is 24.5 Å². The lowest BCUT2D eigenvalue weighted by Crippen LogP contribution is -2.36. The second kappa shape index (κ2) is 9.84. The van der Waals surface area contributed by atoms with E-state index in [1.165, 1.54) is 41.3 Å². The summed E-state index contributed by atoms with van der Waals surface area (Å²) in [6.45, 7) is 5.06. The van der Waals surface area contributed by atoms with Crippen molar-refractivity contribution >= 4 is 38.4 Å². The van der Waals surface area contributed by atoms with E-state index in [1.807, 2.05) is 0 Å². The van der Waals surface area contributed by atoms with Gasteiger partial charge in [0.25, 0.3) is 0 Å². The topological polar surface area (TPSA) is 148 Å². The number of ketones is 1. The summed E-state index contributed by atoms with van der Waals surface area (Å²) in [7, 11) is -3.96. The van der Waals surface area contributed by atoms with Gasteiger partial charge in [0.05, 0.1) is 41.6 Å². The molecule has 3 aromatic heterocycles. The van der Waals surface area contributed by atoms with Gasteiger partial charge in [-0.1, -0.05) is 6.07 Å². The average Bonchev–Trinajstić information content (AvgIpc) is 3.57. The third-order valence-electron chi connectivity index (χ3n) is 6.90. The number of fused-ring (bicyclic) bond motifs is 1. The second-order valence-electron chi connectivity index (χ2n) is 10.7. The molecule has 0 saturated carbocycles. The molecule has 5 aromatic rings. The number of aromatic amines is 1. The van der Waals surface area contributed by atoms with Crippen molar-refractivity contribution in [2.45, 2.75) is 26.3 Å². The van der Waals surface area contributed by atoms with E-state index in [9.17, 15) is 22.0 Å². The van der Waals surface area contributed by atoms with Crippen LogP contribution in [0.25, 0.3) is 16.6 Å². The number of para-hydroxylation sites is 1. The fourth-order valence-electron chi connectivity index (χ4n) is 4.91. The second-order valence-corrected chi connectivity index (χ2v) is 12.3. The quantitative estimate of drug-likeness (QED) is 0.239. The van der Waals surface area contributed by atoms with Crippen molar-refractivity contribution in [2.75, 3.05) is 16.6 Å². The summed E-state index contributed by atoms with van der Waals surface area (Å²) < 4.78 is 78.2. The molecule has 222 valence electrons. The molecule has 4 heterocycles. The Morgan fingerprint density at radius 2 is 1.77 bits per heavy atom. The van der Waals surface area contributed by atoms with Gasteiger partial charge in [-0.2, -0.15) is 18.2 Å². The van der Waals surface area contributed by atoms with Gasteiger partial charge in [0, 0.05) is 22.5 Å². The summed E-state index contributed by atoms with van der Waals surface area (Å²) in [6.07, 6.45) is 2.59. The smallest absolute Gasteiger partial charge is 0.302 e. The van der Waals surface area contributed by atoms with Crippen LogP contribution in [0.2, 0.25) is 0 Å². The summed E-state index contributed by atoms with van der Waals surface area (Å²) in [5, 5.41) is 4.56. The number of hydrogen-bond acceptors (Lipinski definition) is 7. The number of benzene rings is 2. The minimum atomic E-state index is -3.96. The molecule has 0 atom stereocenters. The van der Waals surface area contributed by atoms with Gasteiger partial charge in [-0.3, -0.25) is 9.10 Å². The monoisotopic (exact) mass is 611 g/mol. The maximum Gasteiger partial charge on any atom is 0.302 e. The van der Waals surface area contributed by atoms with E-state index in [2.05, 4.69) is 19.8 Å². The number of H-pyrrole nitrogens is 1. The van der Waals surface area contributed by atoms with Crippen LogP contribution < -0.4 is 19.5 Å². The SMILES string of the molecule is Cc1cc(Oc2c(F)cccc2F)ncc1-n1ncc(C(=O)c2cc3cc(F)c(N4CC(C)(C)NS4(=O)=O)cc3[nH]2)c1N.